The molecule has 0 N–H and O–H groups in total. The lowest BCUT2D eigenvalue weighted by atomic mass is 10.1. The lowest BCUT2D eigenvalue weighted by Crippen LogP contribution is -2.00. The Balaban J connectivity index is 2.09. The molecule has 0 aliphatic heterocycles. The molecule has 0 bridgehead atoms. The molecule has 0 radical (unpaired) electrons. The average Bonchev–Trinajstić information content (AvgIpc) is 2.48. The number of benzene rings is 2. The van der Waals surface area contributed by atoms with Crippen LogP contribution in [0.2, 0.25) is 0 Å². The second kappa shape index (κ2) is 6.48. The molecule has 0 aromatic heterocycles. The molecule has 0 spiro atoms. The van der Waals surface area contributed by atoms with Crippen molar-refractivity contribution in [2.75, 3.05) is 0 Å². The Morgan fingerprint density at radius 2 is 1.58 bits per heavy atom. The van der Waals surface area contributed by atoms with Gasteiger partial charge in [-0.05, 0) is 18.4 Å². The van der Waals surface area contributed by atoms with Gasteiger partial charge in [-0.1, -0.05) is 60.7 Å². The van der Waals surface area contributed by atoms with E-state index >= 15 is 0 Å². The maximum absolute atomic E-state index is 12.0. The highest BCUT2D eigenvalue weighted by atomic mass is 16.1. The number of nitrogens with zero attached hydrogens (tertiary/aromatic N) is 1. The first kappa shape index (κ1) is 13.0. The van der Waals surface area contributed by atoms with Gasteiger partial charge in [0, 0.05) is 5.56 Å². The maximum atomic E-state index is 12.0. The predicted molar refractivity (Wildman–Crippen MR) is 77.5 cm³/mol. The van der Waals surface area contributed by atoms with E-state index < -0.39 is 0 Å². The van der Waals surface area contributed by atoms with Gasteiger partial charge in [-0.3, -0.25) is 4.79 Å². The van der Waals surface area contributed by atoms with Crippen molar-refractivity contribution in [3.05, 3.63) is 77.4 Å². The Morgan fingerprint density at radius 1 is 1.00 bits per heavy atom. The molecule has 2 heteroatoms. The first-order valence-corrected chi connectivity index (χ1v) is 6.17. The van der Waals surface area contributed by atoms with Crippen LogP contribution in [0.5, 0.6) is 0 Å². The Hall–Kier alpha value is -2.44. The minimum Gasteiger partial charge on any atom is -0.288 e. The molecule has 0 saturated heterocycles. The van der Waals surface area contributed by atoms with Crippen LogP contribution in [0.25, 0.3) is 0 Å². The van der Waals surface area contributed by atoms with Gasteiger partial charge in [0.25, 0.3) is 0 Å². The van der Waals surface area contributed by atoms with Gasteiger partial charge < -0.3 is 0 Å². The zero-order chi connectivity index (χ0) is 13.5. The molecule has 2 nitrogen and oxygen atoms in total. The monoisotopic (exact) mass is 249 g/mol. The average molecular weight is 249 g/mol. The van der Waals surface area contributed by atoms with E-state index in [0.29, 0.717) is 17.7 Å². The summed E-state index contributed by atoms with van der Waals surface area (Å²) in [7, 11) is 0. The SMILES string of the molecule is CC(=C=NCc1ccccc1)C(=O)c1ccccc1. The lowest BCUT2D eigenvalue weighted by molar-refractivity contribution is 0.103. The molecule has 0 saturated carbocycles. The van der Waals surface area contributed by atoms with Crippen molar-refractivity contribution in [1.29, 1.82) is 0 Å². The first-order valence-electron chi connectivity index (χ1n) is 6.17. The summed E-state index contributed by atoms with van der Waals surface area (Å²) in [4.78, 5) is 16.2. The van der Waals surface area contributed by atoms with Crippen LogP contribution >= 0.6 is 0 Å². The van der Waals surface area contributed by atoms with Gasteiger partial charge >= 0.3 is 0 Å². The topological polar surface area (TPSA) is 29.4 Å². The summed E-state index contributed by atoms with van der Waals surface area (Å²) < 4.78 is 0. The van der Waals surface area contributed by atoms with Crippen molar-refractivity contribution >= 4 is 11.7 Å². The minimum absolute atomic E-state index is 0.0302. The second-order valence-corrected chi connectivity index (χ2v) is 4.23. The smallest absolute Gasteiger partial charge is 0.197 e. The summed E-state index contributed by atoms with van der Waals surface area (Å²) in [5.74, 6) is 2.79. The van der Waals surface area contributed by atoms with Crippen molar-refractivity contribution < 1.29 is 4.79 Å². The van der Waals surface area contributed by atoms with Gasteiger partial charge in [0.2, 0.25) is 0 Å². The maximum Gasteiger partial charge on any atom is 0.197 e. The molecule has 2 aromatic rings. The molecular weight excluding hydrogens is 234 g/mol. The van der Waals surface area contributed by atoms with Gasteiger partial charge in [0.1, 0.15) is 0 Å². The highest BCUT2D eigenvalue weighted by Crippen LogP contribution is 2.05. The molecule has 0 atom stereocenters. The van der Waals surface area contributed by atoms with Gasteiger partial charge in [-0.2, -0.15) is 0 Å². The molecule has 0 heterocycles. The fourth-order valence-electron chi connectivity index (χ4n) is 1.69. The number of Topliss-reactive ketones (excluding diaryl/α,β-unsaturated/α-hetero) is 1. The zero-order valence-corrected chi connectivity index (χ0v) is 10.8. The number of carbonyl (C=O) groups excluding carboxylic acids is 1. The number of hydrogen-bond donors (Lipinski definition) is 0. The standard InChI is InChI=1S/C17H15NO/c1-14(17(19)16-10-6-3-7-11-16)12-18-13-15-8-4-2-5-9-15/h2-11H,13H2,1H3. The van der Waals surface area contributed by atoms with E-state index in [9.17, 15) is 4.79 Å². The highest BCUT2D eigenvalue weighted by molar-refractivity contribution is 6.13. The molecule has 0 amide bonds. The summed E-state index contributed by atoms with van der Waals surface area (Å²) in [6.45, 7) is 2.28. The van der Waals surface area contributed by atoms with E-state index in [1.54, 1.807) is 19.1 Å². The molecule has 2 rings (SSSR count). The van der Waals surface area contributed by atoms with Crippen LogP contribution in [-0.4, -0.2) is 11.7 Å². The van der Waals surface area contributed by atoms with Gasteiger partial charge in [0.15, 0.2) is 5.78 Å². The van der Waals surface area contributed by atoms with E-state index in [1.807, 2.05) is 48.5 Å². The quantitative estimate of drug-likeness (QED) is 0.461. The normalized spacial score (nSPS) is 9.53. The zero-order valence-electron chi connectivity index (χ0n) is 10.8. The fraction of sp³-hybridized carbons (Fsp3) is 0.118. The van der Waals surface area contributed by atoms with E-state index in [4.69, 9.17) is 0 Å². The minimum atomic E-state index is -0.0302. The van der Waals surface area contributed by atoms with Crippen molar-refractivity contribution in [3.8, 4) is 0 Å². The van der Waals surface area contributed by atoms with E-state index in [2.05, 4.69) is 10.9 Å². The Kier molecular flexibility index (Phi) is 4.44. The van der Waals surface area contributed by atoms with Crippen molar-refractivity contribution in [3.63, 3.8) is 0 Å². The first-order chi connectivity index (χ1) is 9.27. The molecule has 94 valence electrons. The Bertz CT molecular complexity index is 608. The number of ketones is 1. The number of aliphatic imine (C=N–C) groups is 1. The van der Waals surface area contributed by atoms with Gasteiger partial charge in [-0.15, -0.1) is 0 Å². The highest BCUT2D eigenvalue weighted by Gasteiger charge is 2.06. The third kappa shape index (κ3) is 3.77. The number of hydrogen-bond acceptors (Lipinski definition) is 2. The van der Waals surface area contributed by atoms with Crippen LogP contribution in [-0.2, 0) is 6.54 Å². The van der Waals surface area contributed by atoms with Gasteiger partial charge in [0.05, 0.1) is 12.1 Å². The predicted octanol–water partition coefficient (Wildman–Crippen LogP) is 3.69. The molecule has 2 aromatic carbocycles. The number of carbonyl (C=O) groups is 1. The van der Waals surface area contributed by atoms with Gasteiger partial charge in [-0.25, -0.2) is 4.99 Å². The molecule has 19 heavy (non-hydrogen) atoms. The second-order valence-electron chi connectivity index (χ2n) is 4.23. The van der Waals surface area contributed by atoms with Crippen molar-refractivity contribution in [1.82, 2.24) is 0 Å². The molecular formula is C17H15NO. The van der Waals surface area contributed by atoms with Crippen molar-refractivity contribution in [2.24, 2.45) is 4.99 Å². The van der Waals surface area contributed by atoms with Crippen LogP contribution in [0.1, 0.15) is 22.8 Å². The molecule has 0 aliphatic carbocycles. The Labute approximate surface area is 113 Å². The number of allylic oxidation sites excluding steroid dienone is 1. The summed E-state index contributed by atoms with van der Waals surface area (Å²) >= 11 is 0. The largest absolute Gasteiger partial charge is 0.288 e. The molecule has 0 aliphatic rings. The third-order valence-corrected chi connectivity index (χ3v) is 2.73. The lowest BCUT2D eigenvalue weighted by Gasteiger charge is -1.97. The van der Waals surface area contributed by atoms with E-state index in [1.165, 1.54) is 0 Å². The fourth-order valence-corrected chi connectivity index (χ4v) is 1.69. The van der Waals surface area contributed by atoms with E-state index in [0.717, 1.165) is 5.56 Å². The molecule has 0 fully saturated rings. The van der Waals surface area contributed by atoms with Crippen LogP contribution in [0.3, 0.4) is 0 Å². The van der Waals surface area contributed by atoms with Crippen LogP contribution < -0.4 is 0 Å². The summed E-state index contributed by atoms with van der Waals surface area (Å²) in [6.07, 6.45) is 0. The number of rotatable bonds is 4. The summed E-state index contributed by atoms with van der Waals surface area (Å²) in [6, 6.07) is 19.1. The van der Waals surface area contributed by atoms with Crippen LogP contribution in [0.4, 0.5) is 0 Å². The summed E-state index contributed by atoms with van der Waals surface area (Å²) in [5.41, 5.74) is 2.31. The van der Waals surface area contributed by atoms with Crippen molar-refractivity contribution in [2.45, 2.75) is 13.5 Å². The third-order valence-electron chi connectivity index (χ3n) is 2.73. The van der Waals surface area contributed by atoms with E-state index in [-0.39, 0.29) is 5.78 Å². The van der Waals surface area contributed by atoms with Crippen LogP contribution in [0.15, 0.2) is 71.2 Å². The van der Waals surface area contributed by atoms with Crippen LogP contribution in [0, 0.1) is 0 Å². The summed E-state index contributed by atoms with van der Waals surface area (Å²) in [5, 5.41) is 0. The molecule has 0 unspecified atom stereocenters. The Morgan fingerprint density at radius 3 is 2.21 bits per heavy atom.